The van der Waals surface area contributed by atoms with Gasteiger partial charge in [0.2, 0.25) is 0 Å². The molecule has 0 N–H and O–H groups in total. The highest BCUT2D eigenvalue weighted by Crippen LogP contribution is 2.21. The van der Waals surface area contributed by atoms with Gasteiger partial charge in [-0.1, -0.05) is 15.9 Å². The third-order valence-electron chi connectivity index (χ3n) is 1.70. The van der Waals surface area contributed by atoms with E-state index in [-0.39, 0.29) is 5.78 Å². The second kappa shape index (κ2) is 5.15. The van der Waals surface area contributed by atoms with Gasteiger partial charge < -0.3 is 4.74 Å². The molecule has 0 aromatic heterocycles. The van der Waals surface area contributed by atoms with E-state index in [1.165, 1.54) is 0 Å². The molecule has 0 heterocycles. The zero-order valence-corrected chi connectivity index (χ0v) is 9.93. The van der Waals surface area contributed by atoms with Crippen molar-refractivity contribution >= 4 is 21.7 Å². The lowest BCUT2D eigenvalue weighted by molar-refractivity contribution is -0.116. The minimum absolute atomic E-state index is 0.158. The first-order valence-electron chi connectivity index (χ1n) is 4.53. The van der Waals surface area contributed by atoms with Crippen molar-refractivity contribution in [2.45, 2.75) is 20.3 Å². The number of ketones is 1. The SMILES string of the molecule is CCOc1cc(Br)cc(CC(C)=O)c1. The Balaban J connectivity index is 2.88. The van der Waals surface area contributed by atoms with Crippen molar-refractivity contribution in [1.29, 1.82) is 0 Å². The van der Waals surface area contributed by atoms with Gasteiger partial charge in [0.25, 0.3) is 0 Å². The van der Waals surface area contributed by atoms with Crippen molar-refractivity contribution in [3.05, 3.63) is 28.2 Å². The molecule has 1 aromatic rings. The van der Waals surface area contributed by atoms with Gasteiger partial charge in [-0.2, -0.15) is 0 Å². The molecule has 0 atom stereocenters. The molecule has 1 aromatic carbocycles. The average Bonchev–Trinajstić information content (AvgIpc) is 2.01. The molecule has 0 radical (unpaired) electrons. The van der Waals surface area contributed by atoms with Crippen LogP contribution in [0.1, 0.15) is 19.4 Å². The minimum Gasteiger partial charge on any atom is -0.494 e. The van der Waals surface area contributed by atoms with Gasteiger partial charge in [0.05, 0.1) is 6.61 Å². The molecule has 2 nitrogen and oxygen atoms in total. The van der Waals surface area contributed by atoms with Crippen molar-refractivity contribution in [1.82, 2.24) is 0 Å². The predicted molar refractivity (Wildman–Crippen MR) is 59.7 cm³/mol. The Morgan fingerprint density at radius 2 is 2.14 bits per heavy atom. The number of hydrogen-bond acceptors (Lipinski definition) is 2. The van der Waals surface area contributed by atoms with Crippen molar-refractivity contribution in [2.24, 2.45) is 0 Å². The largest absolute Gasteiger partial charge is 0.494 e. The van der Waals surface area contributed by atoms with Crippen LogP contribution in [0.4, 0.5) is 0 Å². The standard InChI is InChI=1S/C11H13BrO2/c1-3-14-11-6-9(4-8(2)13)5-10(12)7-11/h5-7H,3-4H2,1-2H3. The summed E-state index contributed by atoms with van der Waals surface area (Å²) in [4.78, 5) is 10.9. The summed E-state index contributed by atoms with van der Waals surface area (Å²) in [5, 5.41) is 0. The number of carbonyl (C=O) groups excluding carboxylic acids is 1. The van der Waals surface area contributed by atoms with E-state index in [1.807, 2.05) is 25.1 Å². The monoisotopic (exact) mass is 256 g/mol. The van der Waals surface area contributed by atoms with E-state index in [0.717, 1.165) is 15.8 Å². The molecule has 76 valence electrons. The molecule has 0 aliphatic heterocycles. The van der Waals surface area contributed by atoms with Crippen LogP contribution in [0.15, 0.2) is 22.7 Å². The Kier molecular flexibility index (Phi) is 4.14. The van der Waals surface area contributed by atoms with E-state index in [1.54, 1.807) is 6.92 Å². The van der Waals surface area contributed by atoms with Crippen LogP contribution in [0.2, 0.25) is 0 Å². The lowest BCUT2D eigenvalue weighted by Crippen LogP contribution is -1.98. The molecule has 3 heteroatoms. The maximum atomic E-state index is 10.9. The van der Waals surface area contributed by atoms with E-state index in [4.69, 9.17) is 4.74 Å². The summed E-state index contributed by atoms with van der Waals surface area (Å²) < 4.78 is 6.31. The van der Waals surface area contributed by atoms with Gasteiger partial charge in [0, 0.05) is 10.9 Å². The molecule has 1 rings (SSSR count). The highest BCUT2D eigenvalue weighted by atomic mass is 79.9. The topological polar surface area (TPSA) is 26.3 Å². The molecule has 0 fully saturated rings. The quantitative estimate of drug-likeness (QED) is 0.828. The summed E-state index contributed by atoms with van der Waals surface area (Å²) in [5.41, 5.74) is 0.982. The number of Topliss-reactive ketones (excluding diaryl/α,β-unsaturated/α-hetero) is 1. The maximum Gasteiger partial charge on any atom is 0.134 e. The highest BCUT2D eigenvalue weighted by Gasteiger charge is 2.02. The summed E-state index contributed by atoms with van der Waals surface area (Å²) >= 11 is 3.38. The number of halogens is 1. The fraction of sp³-hybridized carbons (Fsp3) is 0.364. The second-order valence-electron chi connectivity index (χ2n) is 3.11. The van der Waals surface area contributed by atoms with Gasteiger partial charge in [-0.15, -0.1) is 0 Å². The van der Waals surface area contributed by atoms with Gasteiger partial charge in [-0.3, -0.25) is 4.79 Å². The smallest absolute Gasteiger partial charge is 0.134 e. The van der Waals surface area contributed by atoms with E-state index in [9.17, 15) is 4.79 Å². The zero-order chi connectivity index (χ0) is 10.6. The summed E-state index contributed by atoms with van der Waals surface area (Å²) in [6.45, 7) is 4.16. The number of ether oxygens (including phenoxy) is 1. The molecule has 0 saturated heterocycles. The van der Waals surface area contributed by atoms with Gasteiger partial charge in [-0.05, 0) is 37.6 Å². The summed E-state index contributed by atoms with van der Waals surface area (Å²) in [5.74, 6) is 0.962. The summed E-state index contributed by atoms with van der Waals surface area (Å²) in [7, 11) is 0. The van der Waals surface area contributed by atoms with Gasteiger partial charge >= 0.3 is 0 Å². The molecule has 0 saturated carbocycles. The molecule has 0 aliphatic rings. The first kappa shape index (κ1) is 11.2. The fourth-order valence-electron chi connectivity index (χ4n) is 1.26. The lowest BCUT2D eigenvalue weighted by Gasteiger charge is -2.06. The number of benzene rings is 1. The highest BCUT2D eigenvalue weighted by molar-refractivity contribution is 9.10. The maximum absolute atomic E-state index is 10.9. The van der Waals surface area contributed by atoms with Gasteiger partial charge in [0.1, 0.15) is 11.5 Å². The van der Waals surface area contributed by atoms with E-state index < -0.39 is 0 Å². The van der Waals surface area contributed by atoms with Gasteiger partial charge in [-0.25, -0.2) is 0 Å². The van der Waals surface area contributed by atoms with E-state index >= 15 is 0 Å². The first-order valence-corrected chi connectivity index (χ1v) is 5.33. The fourth-order valence-corrected chi connectivity index (χ4v) is 1.78. The zero-order valence-electron chi connectivity index (χ0n) is 8.34. The average molecular weight is 257 g/mol. The Hall–Kier alpha value is -0.830. The van der Waals surface area contributed by atoms with Crippen LogP contribution in [0.25, 0.3) is 0 Å². The predicted octanol–water partition coefficient (Wildman–Crippen LogP) is 2.98. The van der Waals surface area contributed by atoms with Crippen LogP contribution in [0, 0.1) is 0 Å². The molecule has 0 amide bonds. The second-order valence-corrected chi connectivity index (χ2v) is 4.02. The van der Waals surface area contributed by atoms with Crippen LogP contribution in [0.5, 0.6) is 5.75 Å². The van der Waals surface area contributed by atoms with Gasteiger partial charge in [0.15, 0.2) is 0 Å². The Bertz CT molecular complexity index is 334. The summed E-state index contributed by atoms with van der Waals surface area (Å²) in [6.07, 6.45) is 0.458. The number of hydrogen-bond donors (Lipinski definition) is 0. The van der Waals surface area contributed by atoms with Crippen molar-refractivity contribution in [2.75, 3.05) is 6.61 Å². The third-order valence-corrected chi connectivity index (χ3v) is 2.15. The normalized spacial score (nSPS) is 9.93. The lowest BCUT2D eigenvalue weighted by atomic mass is 10.1. The number of rotatable bonds is 4. The van der Waals surface area contributed by atoms with E-state index in [0.29, 0.717) is 13.0 Å². The van der Waals surface area contributed by atoms with Crippen LogP contribution in [-0.4, -0.2) is 12.4 Å². The number of carbonyl (C=O) groups is 1. The molecular formula is C11H13BrO2. The molecular weight excluding hydrogens is 244 g/mol. The first-order chi connectivity index (χ1) is 6.61. The van der Waals surface area contributed by atoms with E-state index in [2.05, 4.69) is 15.9 Å². The molecule has 0 aliphatic carbocycles. The van der Waals surface area contributed by atoms with Crippen molar-refractivity contribution in [3.8, 4) is 5.75 Å². The summed E-state index contributed by atoms with van der Waals surface area (Å²) in [6, 6.07) is 5.73. The molecule has 0 unspecified atom stereocenters. The molecule has 0 bridgehead atoms. The van der Waals surface area contributed by atoms with Crippen LogP contribution >= 0.6 is 15.9 Å². The molecule has 14 heavy (non-hydrogen) atoms. The Morgan fingerprint density at radius 3 is 2.71 bits per heavy atom. The Labute approximate surface area is 92.4 Å². The molecule has 0 spiro atoms. The van der Waals surface area contributed by atoms with Crippen molar-refractivity contribution in [3.63, 3.8) is 0 Å². The Morgan fingerprint density at radius 1 is 1.43 bits per heavy atom. The van der Waals surface area contributed by atoms with Crippen molar-refractivity contribution < 1.29 is 9.53 Å². The minimum atomic E-state index is 0.158. The third kappa shape index (κ3) is 3.50. The van der Waals surface area contributed by atoms with Crippen LogP contribution in [-0.2, 0) is 11.2 Å². The van der Waals surface area contributed by atoms with Crippen LogP contribution in [0.3, 0.4) is 0 Å². The van der Waals surface area contributed by atoms with Crippen LogP contribution < -0.4 is 4.74 Å².